The normalized spacial score (nSPS) is 12.1. The molecule has 0 spiro atoms. The van der Waals surface area contributed by atoms with Gasteiger partial charge in [-0.25, -0.2) is 0 Å². The summed E-state index contributed by atoms with van der Waals surface area (Å²) in [7, 11) is 0. The molecule has 2 nitrogen and oxygen atoms in total. The standard InChI is InChI=1S/C24H20O2/c25-13-11-17-9-7-16-8-10-18(12-14-26)23-20-6-2-4-15-3-1-5-19(21(15)20)22(17)24(16)23/h1-10,25-26H,11-14H2. The van der Waals surface area contributed by atoms with Crippen molar-refractivity contribution >= 4 is 43.1 Å². The quantitative estimate of drug-likeness (QED) is 0.364. The highest BCUT2D eigenvalue weighted by molar-refractivity contribution is 6.34. The van der Waals surface area contributed by atoms with Gasteiger partial charge in [-0.05, 0) is 67.1 Å². The van der Waals surface area contributed by atoms with Gasteiger partial charge in [-0.15, -0.1) is 0 Å². The Labute approximate surface area is 151 Å². The Morgan fingerprint density at radius 1 is 0.500 bits per heavy atom. The Bertz CT molecular complexity index is 1160. The maximum absolute atomic E-state index is 9.59. The van der Waals surface area contributed by atoms with Gasteiger partial charge in [0.15, 0.2) is 0 Å². The summed E-state index contributed by atoms with van der Waals surface area (Å²) in [5.41, 5.74) is 2.37. The third kappa shape index (κ3) is 2.06. The topological polar surface area (TPSA) is 40.5 Å². The van der Waals surface area contributed by atoms with Crippen LogP contribution in [-0.4, -0.2) is 23.4 Å². The first-order chi connectivity index (χ1) is 12.8. The third-order valence-corrected chi connectivity index (χ3v) is 5.56. The van der Waals surface area contributed by atoms with E-state index in [0.717, 1.165) is 0 Å². The number of rotatable bonds is 4. The zero-order valence-corrected chi connectivity index (χ0v) is 14.5. The molecule has 5 aromatic rings. The van der Waals surface area contributed by atoms with Gasteiger partial charge in [0.05, 0.1) is 0 Å². The second-order valence-corrected chi connectivity index (χ2v) is 6.95. The Balaban J connectivity index is 2.15. The van der Waals surface area contributed by atoms with Crippen molar-refractivity contribution in [3.63, 3.8) is 0 Å². The lowest BCUT2D eigenvalue weighted by Gasteiger charge is -2.19. The van der Waals surface area contributed by atoms with E-state index in [1.165, 1.54) is 54.2 Å². The minimum atomic E-state index is 0.141. The van der Waals surface area contributed by atoms with Gasteiger partial charge in [0.2, 0.25) is 0 Å². The Morgan fingerprint density at radius 3 is 1.50 bits per heavy atom. The molecule has 128 valence electrons. The molecule has 0 atom stereocenters. The van der Waals surface area contributed by atoms with Crippen molar-refractivity contribution < 1.29 is 10.2 Å². The molecule has 0 amide bonds. The maximum atomic E-state index is 9.59. The number of fused-ring (bicyclic) bond motifs is 2. The fraction of sp³-hybridized carbons (Fsp3) is 0.167. The molecule has 5 aromatic carbocycles. The molecule has 0 aromatic heterocycles. The Morgan fingerprint density at radius 2 is 1.00 bits per heavy atom. The molecule has 0 fully saturated rings. The van der Waals surface area contributed by atoms with Gasteiger partial charge in [0.1, 0.15) is 0 Å². The van der Waals surface area contributed by atoms with E-state index in [1.54, 1.807) is 0 Å². The molecule has 0 heterocycles. The third-order valence-electron chi connectivity index (χ3n) is 5.56. The van der Waals surface area contributed by atoms with Gasteiger partial charge in [0.25, 0.3) is 0 Å². The van der Waals surface area contributed by atoms with Crippen molar-refractivity contribution in [2.75, 3.05) is 13.2 Å². The number of aliphatic hydroxyl groups excluding tert-OH is 2. The van der Waals surface area contributed by atoms with Crippen LogP contribution in [0.1, 0.15) is 11.1 Å². The summed E-state index contributed by atoms with van der Waals surface area (Å²) in [5, 5.41) is 29.2. The molecule has 0 aliphatic heterocycles. The average Bonchev–Trinajstić information content (AvgIpc) is 2.67. The van der Waals surface area contributed by atoms with E-state index in [2.05, 4.69) is 60.7 Å². The van der Waals surface area contributed by atoms with Crippen LogP contribution in [0.25, 0.3) is 43.1 Å². The molecular formula is C24H20O2. The maximum Gasteiger partial charge on any atom is 0.0471 e. The predicted molar refractivity (Wildman–Crippen MR) is 109 cm³/mol. The molecule has 0 unspecified atom stereocenters. The van der Waals surface area contributed by atoms with Gasteiger partial charge < -0.3 is 10.2 Å². The minimum Gasteiger partial charge on any atom is -0.396 e. The lowest BCUT2D eigenvalue weighted by Crippen LogP contribution is -1.98. The van der Waals surface area contributed by atoms with Crippen molar-refractivity contribution in [3.8, 4) is 0 Å². The Hall–Kier alpha value is -2.68. The summed E-state index contributed by atoms with van der Waals surface area (Å²) in [6.45, 7) is 0.281. The number of benzene rings is 5. The molecule has 0 bridgehead atoms. The van der Waals surface area contributed by atoms with Crippen LogP contribution in [0.4, 0.5) is 0 Å². The van der Waals surface area contributed by atoms with E-state index >= 15 is 0 Å². The van der Waals surface area contributed by atoms with Crippen LogP contribution in [0.3, 0.4) is 0 Å². The van der Waals surface area contributed by atoms with Gasteiger partial charge in [-0.3, -0.25) is 0 Å². The Kier molecular flexibility index (Phi) is 3.56. The van der Waals surface area contributed by atoms with Crippen LogP contribution < -0.4 is 0 Å². The van der Waals surface area contributed by atoms with Crippen LogP contribution in [0.2, 0.25) is 0 Å². The molecular weight excluding hydrogens is 320 g/mol. The van der Waals surface area contributed by atoms with Crippen molar-refractivity contribution in [2.45, 2.75) is 12.8 Å². The molecule has 0 saturated heterocycles. The second-order valence-electron chi connectivity index (χ2n) is 6.95. The second kappa shape index (κ2) is 5.94. The van der Waals surface area contributed by atoms with Crippen LogP contribution in [0.15, 0.2) is 60.7 Å². The van der Waals surface area contributed by atoms with Crippen LogP contribution >= 0.6 is 0 Å². The summed E-state index contributed by atoms with van der Waals surface area (Å²) in [5.74, 6) is 0. The van der Waals surface area contributed by atoms with E-state index in [9.17, 15) is 10.2 Å². The van der Waals surface area contributed by atoms with Gasteiger partial charge in [0, 0.05) is 13.2 Å². The molecule has 5 rings (SSSR count). The van der Waals surface area contributed by atoms with E-state index < -0.39 is 0 Å². The molecule has 2 N–H and O–H groups in total. The molecule has 2 heteroatoms. The number of hydrogen-bond acceptors (Lipinski definition) is 2. The average molecular weight is 340 g/mol. The molecule has 26 heavy (non-hydrogen) atoms. The SMILES string of the molecule is OCCc1ccc2ccc(CCO)c3c4cccc5cccc(c1c23)c54. The molecule has 0 aliphatic rings. The number of aliphatic hydroxyl groups is 2. The first kappa shape index (κ1) is 15.6. The van der Waals surface area contributed by atoms with Crippen LogP contribution in [0.5, 0.6) is 0 Å². The minimum absolute atomic E-state index is 0.141. The van der Waals surface area contributed by atoms with E-state index in [4.69, 9.17) is 0 Å². The zero-order valence-electron chi connectivity index (χ0n) is 14.5. The zero-order chi connectivity index (χ0) is 17.7. The monoisotopic (exact) mass is 340 g/mol. The molecule has 0 radical (unpaired) electrons. The fourth-order valence-corrected chi connectivity index (χ4v) is 4.53. The molecule has 0 saturated carbocycles. The van der Waals surface area contributed by atoms with Crippen LogP contribution in [-0.2, 0) is 12.8 Å². The van der Waals surface area contributed by atoms with Crippen molar-refractivity contribution in [2.24, 2.45) is 0 Å². The van der Waals surface area contributed by atoms with Crippen LogP contribution in [0, 0.1) is 0 Å². The highest BCUT2D eigenvalue weighted by Crippen LogP contribution is 2.43. The highest BCUT2D eigenvalue weighted by atomic mass is 16.3. The summed E-state index contributed by atoms with van der Waals surface area (Å²) >= 11 is 0. The van der Waals surface area contributed by atoms with E-state index in [-0.39, 0.29) is 13.2 Å². The van der Waals surface area contributed by atoms with E-state index in [1.807, 2.05) is 0 Å². The summed E-state index contributed by atoms with van der Waals surface area (Å²) in [4.78, 5) is 0. The smallest absolute Gasteiger partial charge is 0.0471 e. The predicted octanol–water partition coefficient (Wildman–Crippen LogP) is 4.81. The van der Waals surface area contributed by atoms with Crippen molar-refractivity contribution in [3.05, 3.63) is 71.8 Å². The van der Waals surface area contributed by atoms with Gasteiger partial charge in [-0.1, -0.05) is 60.7 Å². The van der Waals surface area contributed by atoms with Gasteiger partial charge >= 0.3 is 0 Å². The van der Waals surface area contributed by atoms with Gasteiger partial charge in [-0.2, -0.15) is 0 Å². The fourth-order valence-electron chi connectivity index (χ4n) is 4.53. The summed E-state index contributed by atoms with van der Waals surface area (Å²) < 4.78 is 0. The first-order valence-electron chi connectivity index (χ1n) is 9.15. The summed E-state index contributed by atoms with van der Waals surface area (Å²) in [6.07, 6.45) is 1.29. The summed E-state index contributed by atoms with van der Waals surface area (Å²) in [6, 6.07) is 21.6. The largest absolute Gasteiger partial charge is 0.396 e. The number of hydrogen-bond donors (Lipinski definition) is 2. The van der Waals surface area contributed by atoms with Crippen molar-refractivity contribution in [1.82, 2.24) is 0 Å². The highest BCUT2D eigenvalue weighted by Gasteiger charge is 2.17. The van der Waals surface area contributed by atoms with E-state index in [0.29, 0.717) is 12.8 Å². The molecule has 0 aliphatic carbocycles. The lowest BCUT2D eigenvalue weighted by atomic mass is 9.85. The van der Waals surface area contributed by atoms with Crippen molar-refractivity contribution in [1.29, 1.82) is 0 Å². The lowest BCUT2D eigenvalue weighted by molar-refractivity contribution is 0.300. The first-order valence-corrected chi connectivity index (χ1v) is 9.15.